The molecule has 1 aromatic heterocycles. The molecule has 3 aromatic carbocycles. The van der Waals surface area contributed by atoms with E-state index in [2.05, 4.69) is 0 Å². The Morgan fingerprint density at radius 2 is 0.593 bits per heavy atom. The van der Waals surface area contributed by atoms with E-state index < -0.39 is 17.1 Å². The van der Waals surface area contributed by atoms with Crippen molar-refractivity contribution in [1.29, 1.82) is 0 Å². The molecule has 0 spiro atoms. The summed E-state index contributed by atoms with van der Waals surface area (Å²) in [5.41, 5.74) is -0.968. The van der Waals surface area contributed by atoms with Crippen molar-refractivity contribution >= 4 is 0 Å². The fourth-order valence-electron chi connectivity index (χ4n) is 2.94. The Labute approximate surface area is 153 Å². The van der Waals surface area contributed by atoms with E-state index in [9.17, 15) is 14.4 Å². The number of benzene rings is 3. The summed E-state index contributed by atoms with van der Waals surface area (Å²) in [5, 5.41) is 0. The van der Waals surface area contributed by atoms with Crippen LogP contribution >= 0.6 is 0 Å². The van der Waals surface area contributed by atoms with Crippen molar-refractivity contribution in [3.8, 4) is 17.1 Å². The predicted octanol–water partition coefficient (Wildman–Crippen LogP) is 2.14. The molecule has 0 amide bonds. The number of hydrogen-bond acceptors (Lipinski definition) is 3. The van der Waals surface area contributed by atoms with Crippen LogP contribution in [-0.2, 0) is 0 Å². The van der Waals surface area contributed by atoms with Gasteiger partial charge in [-0.25, -0.2) is 28.1 Å². The highest BCUT2D eigenvalue weighted by molar-refractivity contribution is 5.37. The first kappa shape index (κ1) is 16.5. The SMILES string of the molecule is O=c1n(-c2ccccc2)c(=O)n(-c2ccccc2)c(=O)n1-c1ccccc1. The molecular formula is C21H15N3O3. The maximum Gasteiger partial charge on any atom is 0.345 e. The predicted molar refractivity (Wildman–Crippen MR) is 103 cm³/mol. The van der Waals surface area contributed by atoms with Crippen LogP contribution in [0.4, 0.5) is 0 Å². The Morgan fingerprint density at radius 1 is 0.370 bits per heavy atom. The monoisotopic (exact) mass is 357 g/mol. The number of rotatable bonds is 3. The summed E-state index contributed by atoms with van der Waals surface area (Å²) in [4.78, 5) is 39.3. The summed E-state index contributed by atoms with van der Waals surface area (Å²) in [6.45, 7) is 0. The van der Waals surface area contributed by atoms with Gasteiger partial charge >= 0.3 is 17.1 Å². The minimum Gasteiger partial charge on any atom is -0.246 e. The summed E-state index contributed by atoms with van der Waals surface area (Å²) in [6, 6.07) is 25.6. The van der Waals surface area contributed by atoms with Gasteiger partial charge in [-0.05, 0) is 36.4 Å². The van der Waals surface area contributed by atoms with Crippen LogP contribution in [0.15, 0.2) is 105 Å². The lowest BCUT2D eigenvalue weighted by atomic mass is 10.3. The van der Waals surface area contributed by atoms with Crippen molar-refractivity contribution in [2.75, 3.05) is 0 Å². The zero-order valence-corrected chi connectivity index (χ0v) is 14.2. The molecule has 1 heterocycles. The zero-order valence-electron chi connectivity index (χ0n) is 14.2. The highest BCUT2D eigenvalue weighted by atomic mass is 16.2. The first-order chi connectivity index (χ1) is 13.2. The first-order valence-electron chi connectivity index (χ1n) is 8.36. The largest absolute Gasteiger partial charge is 0.345 e. The van der Waals surface area contributed by atoms with Crippen LogP contribution in [-0.4, -0.2) is 13.7 Å². The molecule has 0 unspecified atom stereocenters. The van der Waals surface area contributed by atoms with Crippen molar-refractivity contribution in [1.82, 2.24) is 13.7 Å². The second kappa shape index (κ2) is 6.76. The Kier molecular flexibility index (Phi) is 4.14. The Morgan fingerprint density at radius 3 is 0.815 bits per heavy atom. The molecule has 132 valence electrons. The number of aromatic nitrogens is 3. The number of nitrogens with zero attached hydrogens (tertiary/aromatic N) is 3. The van der Waals surface area contributed by atoms with Crippen LogP contribution in [0.25, 0.3) is 17.1 Å². The second-order valence-corrected chi connectivity index (χ2v) is 5.86. The summed E-state index contributed by atoms with van der Waals surface area (Å²) >= 11 is 0. The minimum atomic E-state index is -0.713. The molecule has 0 N–H and O–H groups in total. The van der Waals surface area contributed by atoms with Crippen LogP contribution in [0, 0.1) is 0 Å². The van der Waals surface area contributed by atoms with Gasteiger partial charge in [0, 0.05) is 0 Å². The smallest absolute Gasteiger partial charge is 0.246 e. The molecule has 6 heteroatoms. The van der Waals surface area contributed by atoms with E-state index in [-0.39, 0.29) is 0 Å². The molecule has 0 radical (unpaired) electrons. The third kappa shape index (κ3) is 2.83. The summed E-state index contributed by atoms with van der Waals surface area (Å²) in [5.74, 6) is 0. The topological polar surface area (TPSA) is 66.0 Å². The van der Waals surface area contributed by atoms with Gasteiger partial charge in [0.1, 0.15) is 0 Å². The van der Waals surface area contributed by atoms with Gasteiger partial charge in [-0.1, -0.05) is 54.6 Å². The van der Waals surface area contributed by atoms with Crippen molar-refractivity contribution in [3.05, 3.63) is 122 Å². The van der Waals surface area contributed by atoms with E-state index in [1.165, 1.54) is 0 Å². The van der Waals surface area contributed by atoms with E-state index in [0.29, 0.717) is 17.1 Å². The van der Waals surface area contributed by atoms with E-state index in [1.807, 2.05) is 0 Å². The zero-order chi connectivity index (χ0) is 18.8. The highest BCUT2D eigenvalue weighted by Gasteiger charge is 2.18. The van der Waals surface area contributed by atoms with E-state index in [1.54, 1.807) is 91.0 Å². The maximum absolute atomic E-state index is 13.1. The van der Waals surface area contributed by atoms with Crippen molar-refractivity contribution in [2.45, 2.75) is 0 Å². The van der Waals surface area contributed by atoms with E-state index in [4.69, 9.17) is 0 Å². The summed E-state index contributed by atoms with van der Waals surface area (Å²) in [7, 11) is 0. The Bertz CT molecular complexity index is 1060. The molecule has 0 aliphatic rings. The Hall–Kier alpha value is -3.93. The van der Waals surface area contributed by atoms with Gasteiger partial charge in [0.2, 0.25) is 0 Å². The van der Waals surface area contributed by atoms with Gasteiger partial charge in [-0.3, -0.25) is 0 Å². The minimum absolute atomic E-state index is 0.391. The molecule has 0 atom stereocenters. The van der Waals surface area contributed by atoms with E-state index in [0.717, 1.165) is 13.7 Å². The highest BCUT2D eigenvalue weighted by Crippen LogP contribution is 2.06. The summed E-state index contributed by atoms with van der Waals surface area (Å²) in [6.07, 6.45) is 0. The van der Waals surface area contributed by atoms with Crippen LogP contribution < -0.4 is 17.1 Å². The van der Waals surface area contributed by atoms with Crippen LogP contribution in [0.3, 0.4) is 0 Å². The first-order valence-corrected chi connectivity index (χ1v) is 8.36. The lowest BCUT2D eigenvalue weighted by molar-refractivity contribution is 0.659. The van der Waals surface area contributed by atoms with Gasteiger partial charge in [0.05, 0.1) is 17.1 Å². The van der Waals surface area contributed by atoms with Crippen LogP contribution in [0.1, 0.15) is 0 Å². The number of hydrogen-bond donors (Lipinski definition) is 0. The third-order valence-corrected chi connectivity index (χ3v) is 4.19. The van der Waals surface area contributed by atoms with Crippen molar-refractivity contribution < 1.29 is 0 Å². The summed E-state index contributed by atoms with van der Waals surface area (Å²) < 4.78 is 3.00. The van der Waals surface area contributed by atoms with Gasteiger partial charge in [-0.15, -0.1) is 0 Å². The molecular weight excluding hydrogens is 342 g/mol. The molecule has 0 fully saturated rings. The molecule has 0 saturated heterocycles. The van der Waals surface area contributed by atoms with E-state index >= 15 is 0 Å². The Balaban J connectivity index is 2.18. The average Bonchev–Trinajstić information content (AvgIpc) is 2.70. The standard InChI is InChI=1S/C21H15N3O3/c25-19-22(16-10-4-1-5-11-16)20(26)24(18-14-8-3-9-15-18)21(27)23(19)17-12-6-2-7-13-17/h1-15H. The lowest BCUT2D eigenvalue weighted by Crippen LogP contribution is -2.52. The second-order valence-electron chi connectivity index (χ2n) is 5.86. The molecule has 0 aliphatic carbocycles. The van der Waals surface area contributed by atoms with Crippen molar-refractivity contribution in [3.63, 3.8) is 0 Å². The van der Waals surface area contributed by atoms with Gasteiger partial charge in [0.25, 0.3) is 0 Å². The van der Waals surface area contributed by atoms with Crippen LogP contribution in [0.5, 0.6) is 0 Å². The third-order valence-electron chi connectivity index (χ3n) is 4.19. The fraction of sp³-hybridized carbons (Fsp3) is 0. The van der Waals surface area contributed by atoms with Crippen molar-refractivity contribution in [2.24, 2.45) is 0 Å². The molecule has 4 rings (SSSR count). The molecule has 6 nitrogen and oxygen atoms in total. The maximum atomic E-state index is 13.1. The average molecular weight is 357 g/mol. The molecule has 0 aliphatic heterocycles. The lowest BCUT2D eigenvalue weighted by Gasteiger charge is -2.14. The fourth-order valence-corrected chi connectivity index (χ4v) is 2.94. The van der Waals surface area contributed by atoms with Gasteiger partial charge in [-0.2, -0.15) is 0 Å². The normalized spacial score (nSPS) is 10.7. The quantitative estimate of drug-likeness (QED) is 0.564. The number of para-hydroxylation sites is 3. The molecule has 0 saturated carbocycles. The molecule has 4 aromatic rings. The molecule has 27 heavy (non-hydrogen) atoms. The van der Waals surface area contributed by atoms with Gasteiger partial charge in [0.15, 0.2) is 0 Å². The molecule has 0 bridgehead atoms. The van der Waals surface area contributed by atoms with Crippen LogP contribution in [0.2, 0.25) is 0 Å². The van der Waals surface area contributed by atoms with Gasteiger partial charge < -0.3 is 0 Å².